The highest BCUT2D eigenvalue weighted by molar-refractivity contribution is 7.13. The summed E-state index contributed by atoms with van der Waals surface area (Å²) in [6, 6.07) is 0. The van der Waals surface area contributed by atoms with Crippen molar-refractivity contribution in [2.45, 2.75) is 20.8 Å². The van der Waals surface area contributed by atoms with E-state index in [-0.39, 0.29) is 0 Å². The predicted octanol–water partition coefficient (Wildman–Crippen LogP) is 1.96. The number of thiazole rings is 1. The molecule has 0 radical (unpaired) electrons. The summed E-state index contributed by atoms with van der Waals surface area (Å²) in [7, 11) is 0. The maximum atomic E-state index is 8.49. The van der Waals surface area contributed by atoms with Crippen LogP contribution in [0.4, 0.5) is 0 Å². The average molecular weight is 170 g/mol. The molecule has 60 valence electrons. The molecule has 3 nitrogen and oxygen atoms in total. The molecular weight excluding hydrogens is 160 g/mol. The Kier molecular flexibility index (Phi) is 2.24. The SMILES string of the molecule is CC(=NO)c1sc(C)nc1C. The number of aromatic nitrogens is 1. The van der Waals surface area contributed by atoms with Crippen molar-refractivity contribution in [2.24, 2.45) is 5.16 Å². The highest BCUT2D eigenvalue weighted by atomic mass is 32.1. The average Bonchev–Trinajstić information content (AvgIpc) is 2.28. The van der Waals surface area contributed by atoms with Gasteiger partial charge in [-0.2, -0.15) is 0 Å². The Morgan fingerprint density at radius 3 is 2.55 bits per heavy atom. The molecule has 0 saturated carbocycles. The Bertz CT molecular complexity index is 291. The van der Waals surface area contributed by atoms with Crippen molar-refractivity contribution >= 4 is 17.0 Å². The lowest BCUT2D eigenvalue weighted by molar-refractivity contribution is 0.319. The smallest absolute Gasteiger partial charge is 0.0955 e. The molecule has 1 aromatic heterocycles. The molecule has 0 saturated heterocycles. The molecule has 4 heteroatoms. The first-order chi connectivity index (χ1) is 5.15. The summed E-state index contributed by atoms with van der Waals surface area (Å²) in [5.41, 5.74) is 1.57. The van der Waals surface area contributed by atoms with Crippen LogP contribution in [-0.4, -0.2) is 15.9 Å². The van der Waals surface area contributed by atoms with Gasteiger partial charge in [0.05, 0.1) is 21.3 Å². The number of hydrogen-bond donors (Lipinski definition) is 1. The van der Waals surface area contributed by atoms with Gasteiger partial charge in [-0.25, -0.2) is 4.98 Å². The van der Waals surface area contributed by atoms with Crippen molar-refractivity contribution in [3.8, 4) is 0 Å². The molecule has 0 aliphatic carbocycles. The van der Waals surface area contributed by atoms with Crippen LogP contribution in [0.2, 0.25) is 0 Å². The number of aryl methyl sites for hydroxylation is 2. The molecule has 1 rings (SSSR count). The van der Waals surface area contributed by atoms with Gasteiger partial charge in [-0.3, -0.25) is 0 Å². The third-order valence-electron chi connectivity index (χ3n) is 1.38. The van der Waals surface area contributed by atoms with E-state index in [0.717, 1.165) is 15.6 Å². The molecular formula is C7H10N2OS. The molecule has 0 atom stereocenters. The molecule has 0 unspecified atom stereocenters. The van der Waals surface area contributed by atoms with E-state index < -0.39 is 0 Å². The maximum absolute atomic E-state index is 8.49. The van der Waals surface area contributed by atoms with E-state index in [1.165, 1.54) is 0 Å². The quantitative estimate of drug-likeness (QED) is 0.398. The number of rotatable bonds is 1. The number of nitrogens with zero attached hydrogens (tertiary/aromatic N) is 2. The second-order valence-corrected chi connectivity index (χ2v) is 3.54. The Labute approximate surface area is 69.4 Å². The zero-order chi connectivity index (χ0) is 8.43. The zero-order valence-electron chi connectivity index (χ0n) is 6.75. The molecule has 1 aromatic rings. The van der Waals surface area contributed by atoms with Crippen molar-refractivity contribution in [3.05, 3.63) is 15.6 Å². The van der Waals surface area contributed by atoms with Crippen LogP contribution in [0.15, 0.2) is 5.16 Å². The lowest BCUT2D eigenvalue weighted by Gasteiger charge is -1.91. The predicted molar refractivity (Wildman–Crippen MR) is 45.6 cm³/mol. The Morgan fingerprint density at radius 2 is 2.18 bits per heavy atom. The van der Waals surface area contributed by atoms with Crippen LogP contribution in [-0.2, 0) is 0 Å². The minimum absolute atomic E-state index is 0.633. The van der Waals surface area contributed by atoms with Gasteiger partial charge in [-0.1, -0.05) is 5.16 Å². The molecule has 0 amide bonds. The van der Waals surface area contributed by atoms with E-state index in [1.54, 1.807) is 18.3 Å². The number of hydrogen-bond acceptors (Lipinski definition) is 4. The molecule has 0 aliphatic heterocycles. The van der Waals surface area contributed by atoms with E-state index in [1.807, 2.05) is 13.8 Å². The zero-order valence-corrected chi connectivity index (χ0v) is 7.57. The summed E-state index contributed by atoms with van der Waals surface area (Å²) in [6.45, 7) is 5.61. The third kappa shape index (κ3) is 1.57. The first-order valence-electron chi connectivity index (χ1n) is 3.28. The summed E-state index contributed by atoms with van der Waals surface area (Å²) in [5, 5.41) is 12.6. The molecule has 0 bridgehead atoms. The fourth-order valence-electron chi connectivity index (χ4n) is 0.912. The molecule has 0 aliphatic rings. The van der Waals surface area contributed by atoms with Crippen LogP contribution in [0.3, 0.4) is 0 Å². The van der Waals surface area contributed by atoms with Gasteiger partial charge in [0.15, 0.2) is 0 Å². The molecule has 11 heavy (non-hydrogen) atoms. The van der Waals surface area contributed by atoms with Gasteiger partial charge >= 0.3 is 0 Å². The molecule has 0 spiro atoms. The molecule has 0 aromatic carbocycles. The van der Waals surface area contributed by atoms with Crippen LogP contribution in [0.25, 0.3) is 0 Å². The Balaban J connectivity index is 3.13. The van der Waals surface area contributed by atoms with Gasteiger partial charge in [0.25, 0.3) is 0 Å². The first-order valence-corrected chi connectivity index (χ1v) is 4.10. The number of oxime groups is 1. The van der Waals surface area contributed by atoms with Crippen LogP contribution < -0.4 is 0 Å². The molecule has 0 fully saturated rings. The minimum atomic E-state index is 0.633. The van der Waals surface area contributed by atoms with Crippen molar-refractivity contribution in [1.82, 2.24) is 4.98 Å². The fourth-order valence-corrected chi connectivity index (χ4v) is 1.77. The minimum Gasteiger partial charge on any atom is -0.411 e. The van der Waals surface area contributed by atoms with E-state index in [9.17, 15) is 0 Å². The normalized spacial score (nSPS) is 12.1. The summed E-state index contributed by atoms with van der Waals surface area (Å²) in [6.07, 6.45) is 0. The van der Waals surface area contributed by atoms with Crippen LogP contribution in [0.5, 0.6) is 0 Å². The summed E-state index contributed by atoms with van der Waals surface area (Å²) in [4.78, 5) is 5.17. The van der Waals surface area contributed by atoms with E-state index in [4.69, 9.17) is 5.21 Å². The summed E-state index contributed by atoms with van der Waals surface area (Å²) in [5.74, 6) is 0. The van der Waals surface area contributed by atoms with Gasteiger partial charge in [0.2, 0.25) is 0 Å². The van der Waals surface area contributed by atoms with E-state index in [2.05, 4.69) is 10.1 Å². The van der Waals surface area contributed by atoms with Gasteiger partial charge in [-0.05, 0) is 20.8 Å². The van der Waals surface area contributed by atoms with Gasteiger partial charge in [-0.15, -0.1) is 11.3 Å². The second kappa shape index (κ2) is 3.00. The highest BCUT2D eigenvalue weighted by Gasteiger charge is 2.07. The van der Waals surface area contributed by atoms with E-state index in [0.29, 0.717) is 5.71 Å². The van der Waals surface area contributed by atoms with Crippen LogP contribution >= 0.6 is 11.3 Å². The molecule has 1 heterocycles. The van der Waals surface area contributed by atoms with Gasteiger partial charge in [0.1, 0.15) is 0 Å². The third-order valence-corrected chi connectivity index (χ3v) is 2.56. The van der Waals surface area contributed by atoms with Crippen molar-refractivity contribution < 1.29 is 5.21 Å². The first kappa shape index (κ1) is 8.20. The van der Waals surface area contributed by atoms with Gasteiger partial charge < -0.3 is 5.21 Å². The van der Waals surface area contributed by atoms with Crippen molar-refractivity contribution in [3.63, 3.8) is 0 Å². The Hall–Kier alpha value is -0.900. The summed E-state index contributed by atoms with van der Waals surface area (Å²) >= 11 is 1.55. The van der Waals surface area contributed by atoms with Crippen molar-refractivity contribution in [2.75, 3.05) is 0 Å². The standard InChI is InChI=1S/C7H10N2OS/c1-4-7(5(2)9-10)11-6(3)8-4/h10H,1-3H3. The van der Waals surface area contributed by atoms with Gasteiger partial charge in [0, 0.05) is 0 Å². The van der Waals surface area contributed by atoms with Crippen molar-refractivity contribution in [1.29, 1.82) is 0 Å². The van der Waals surface area contributed by atoms with Crippen LogP contribution in [0, 0.1) is 13.8 Å². The molecule has 1 N–H and O–H groups in total. The lowest BCUT2D eigenvalue weighted by Crippen LogP contribution is -1.92. The topological polar surface area (TPSA) is 45.5 Å². The van der Waals surface area contributed by atoms with Crippen LogP contribution in [0.1, 0.15) is 22.5 Å². The highest BCUT2D eigenvalue weighted by Crippen LogP contribution is 2.17. The monoisotopic (exact) mass is 170 g/mol. The van der Waals surface area contributed by atoms with E-state index >= 15 is 0 Å². The lowest BCUT2D eigenvalue weighted by atomic mass is 10.3. The second-order valence-electron chi connectivity index (χ2n) is 2.33. The fraction of sp³-hybridized carbons (Fsp3) is 0.429. The maximum Gasteiger partial charge on any atom is 0.0955 e. The largest absolute Gasteiger partial charge is 0.411 e. The Morgan fingerprint density at radius 1 is 1.55 bits per heavy atom. The summed E-state index contributed by atoms with van der Waals surface area (Å²) < 4.78 is 0.